The van der Waals surface area contributed by atoms with E-state index in [1.807, 2.05) is 24.3 Å². The summed E-state index contributed by atoms with van der Waals surface area (Å²) in [5.41, 5.74) is 7.05. The van der Waals surface area contributed by atoms with E-state index in [2.05, 4.69) is 11.8 Å². The molecule has 0 spiro atoms. The van der Waals surface area contributed by atoms with Gasteiger partial charge in [0.15, 0.2) is 11.6 Å². The Kier molecular flexibility index (Phi) is 5.00. The molecule has 0 aliphatic heterocycles. The first-order valence-electron chi connectivity index (χ1n) is 6.05. The van der Waals surface area contributed by atoms with Gasteiger partial charge in [0.05, 0.1) is 11.6 Å². The van der Waals surface area contributed by atoms with Crippen LogP contribution in [0.1, 0.15) is 11.1 Å². The molecule has 0 radical (unpaired) electrons. The summed E-state index contributed by atoms with van der Waals surface area (Å²) in [4.78, 5) is 0. The van der Waals surface area contributed by atoms with E-state index < -0.39 is 5.82 Å². The fourth-order valence-corrected chi connectivity index (χ4v) is 1.89. The lowest BCUT2D eigenvalue weighted by atomic mass is 10.1. The highest BCUT2D eigenvalue weighted by molar-refractivity contribution is 6.32. The molecule has 2 aromatic carbocycles. The second kappa shape index (κ2) is 6.95. The number of ether oxygens (including phenoxy) is 1. The Balaban J connectivity index is 2.11. The molecule has 0 fully saturated rings. The first kappa shape index (κ1) is 14.4. The molecule has 0 aromatic heterocycles. The van der Waals surface area contributed by atoms with Crippen LogP contribution in [-0.4, -0.2) is 6.54 Å². The SMILES string of the molecule is NCC#Cc1cccc(COc2c(F)cccc2Cl)c1. The minimum Gasteiger partial charge on any atom is -0.484 e. The van der Waals surface area contributed by atoms with Crippen LogP contribution >= 0.6 is 11.6 Å². The molecule has 0 atom stereocenters. The van der Waals surface area contributed by atoms with Gasteiger partial charge in [-0.15, -0.1) is 0 Å². The molecule has 0 aliphatic carbocycles. The second-order valence-corrected chi connectivity index (χ2v) is 4.45. The van der Waals surface area contributed by atoms with E-state index in [-0.39, 0.29) is 17.4 Å². The van der Waals surface area contributed by atoms with E-state index in [0.717, 1.165) is 11.1 Å². The van der Waals surface area contributed by atoms with Crippen molar-refractivity contribution in [3.63, 3.8) is 0 Å². The molecule has 0 unspecified atom stereocenters. The Morgan fingerprint density at radius 3 is 2.75 bits per heavy atom. The Morgan fingerprint density at radius 1 is 1.20 bits per heavy atom. The van der Waals surface area contributed by atoms with Crippen LogP contribution in [0.4, 0.5) is 4.39 Å². The van der Waals surface area contributed by atoms with Gasteiger partial charge in [0.1, 0.15) is 6.61 Å². The van der Waals surface area contributed by atoms with Crippen LogP contribution in [0.25, 0.3) is 0 Å². The lowest BCUT2D eigenvalue weighted by Crippen LogP contribution is -1.98. The molecule has 2 nitrogen and oxygen atoms in total. The van der Waals surface area contributed by atoms with Gasteiger partial charge < -0.3 is 10.5 Å². The number of rotatable bonds is 3. The largest absolute Gasteiger partial charge is 0.484 e. The average Bonchev–Trinajstić information content (AvgIpc) is 2.45. The summed E-state index contributed by atoms with van der Waals surface area (Å²) in [6, 6.07) is 11.9. The minimum atomic E-state index is -0.475. The molecular formula is C16H13ClFNO. The average molecular weight is 290 g/mol. The molecule has 102 valence electrons. The number of hydrogen-bond acceptors (Lipinski definition) is 2. The van der Waals surface area contributed by atoms with Crippen LogP contribution in [0.15, 0.2) is 42.5 Å². The molecule has 0 aliphatic rings. The minimum absolute atomic E-state index is 0.0626. The van der Waals surface area contributed by atoms with E-state index in [0.29, 0.717) is 6.54 Å². The molecule has 0 heterocycles. The maximum Gasteiger partial charge on any atom is 0.174 e. The quantitative estimate of drug-likeness (QED) is 0.879. The number of benzene rings is 2. The predicted molar refractivity (Wildman–Crippen MR) is 78.1 cm³/mol. The van der Waals surface area contributed by atoms with Crippen molar-refractivity contribution < 1.29 is 9.13 Å². The summed E-state index contributed by atoms with van der Waals surface area (Å²) in [6.45, 7) is 0.532. The number of para-hydroxylation sites is 1. The third-order valence-corrected chi connectivity index (χ3v) is 2.86. The van der Waals surface area contributed by atoms with Crippen molar-refractivity contribution >= 4 is 11.6 Å². The Bertz CT molecular complexity index is 641. The summed E-state index contributed by atoms with van der Waals surface area (Å²) in [5, 5.41) is 0.254. The summed E-state index contributed by atoms with van der Waals surface area (Å²) in [6.07, 6.45) is 0. The van der Waals surface area contributed by atoms with Gasteiger partial charge in [-0.05, 0) is 29.8 Å². The first-order chi connectivity index (χ1) is 9.70. The van der Waals surface area contributed by atoms with Gasteiger partial charge in [0, 0.05) is 5.56 Å². The van der Waals surface area contributed by atoms with Gasteiger partial charge in [0.2, 0.25) is 0 Å². The van der Waals surface area contributed by atoms with Crippen LogP contribution in [0.3, 0.4) is 0 Å². The van der Waals surface area contributed by atoms with Crippen LogP contribution in [0.2, 0.25) is 5.02 Å². The van der Waals surface area contributed by atoms with Crippen molar-refractivity contribution in [2.75, 3.05) is 6.54 Å². The standard InChI is InChI=1S/C16H13ClFNO/c17-14-7-2-8-15(18)16(14)20-11-13-5-1-4-12(10-13)6-3-9-19/h1-2,4-5,7-8,10H,9,11,19H2. The first-order valence-corrected chi connectivity index (χ1v) is 6.43. The van der Waals surface area contributed by atoms with E-state index >= 15 is 0 Å². The molecule has 2 rings (SSSR count). The molecule has 2 N–H and O–H groups in total. The number of nitrogens with two attached hydrogens (primary N) is 1. The summed E-state index contributed by atoms with van der Waals surface area (Å²) >= 11 is 5.89. The molecule has 2 aromatic rings. The van der Waals surface area contributed by atoms with Gasteiger partial charge in [-0.3, -0.25) is 0 Å². The van der Waals surface area contributed by atoms with Gasteiger partial charge >= 0.3 is 0 Å². The number of hydrogen-bond donors (Lipinski definition) is 1. The smallest absolute Gasteiger partial charge is 0.174 e. The lowest BCUT2D eigenvalue weighted by Gasteiger charge is -2.09. The van der Waals surface area contributed by atoms with Crippen molar-refractivity contribution in [1.82, 2.24) is 0 Å². The fraction of sp³-hybridized carbons (Fsp3) is 0.125. The molecule has 0 saturated carbocycles. The van der Waals surface area contributed by atoms with Crippen LogP contribution < -0.4 is 10.5 Å². The third kappa shape index (κ3) is 3.74. The highest BCUT2D eigenvalue weighted by Gasteiger charge is 2.08. The van der Waals surface area contributed by atoms with E-state index in [1.165, 1.54) is 12.1 Å². The van der Waals surface area contributed by atoms with Gasteiger partial charge in [-0.25, -0.2) is 4.39 Å². The Morgan fingerprint density at radius 2 is 2.00 bits per heavy atom. The topological polar surface area (TPSA) is 35.2 Å². The van der Waals surface area contributed by atoms with Crippen LogP contribution in [0, 0.1) is 17.7 Å². The normalized spacial score (nSPS) is 9.75. The highest BCUT2D eigenvalue weighted by atomic mass is 35.5. The van der Waals surface area contributed by atoms with Crippen LogP contribution in [0.5, 0.6) is 5.75 Å². The van der Waals surface area contributed by atoms with Crippen molar-refractivity contribution in [3.8, 4) is 17.6 Å². The van der Waals surface area contributed by atoms with Crippen molar-refractivity contribution in [3.05, 3.63) is 64.4 Å². The van der Waals surface area contributed by atoms with Crippen molar-refractivity contribution in [2.24, 2.45) is 5.73 Å². The van der Waals surface area contributed by atoms with Gasteiger partial charge in [-0.1, -0.05) is 41.6 Å². The molecule has 0 bridgehead atoms. The van der Waals surface area contributed by atoms with Gasteiger partial charge in [-0.2, -0.15) is 0 Å². The zero-order chi connectivity index (χ0) is 14.4. The lowest BCUT2D eigenvalue weighted by molar-refractivity contribution is 0.290. The highest BCUT2D eigenvalue weighted by Crippen LogP contribution is 2.27. The Labute approximate surface area is 122 Å². The Hall–Kier alpha value is -2.02. The molecule has 20 heavy (non-hydrogen) atoms. The van der Waals surface area contributed by atoms with Crippen molar-refractivity contribution in [2.45, 2.75) is 6.61 Å². The summed E-state index contributed by atoms with van der Waals surface area (Å²) in [7, 11) is 0. The molecule has 4 heteroatoms. The number of halogens is 2. The zero-order valence-electron chi connectivity index (χ0n) is 10.7. The molecule has 0 amide bonds. The van der Waals surface area contributed by atoms with Gasteiger partial charge in [0.25, 0.3) is 0 Å². The maximum atomic E-state index is 13.6. The van der Waals surface area contributed by atoms with Crippen molar-refractivity contribution in [1.29, 1.82) is 0 Å². The monoisotopic (exact) mass is 289 g/mol. The fourth-order valence-electron chi connectivity index (χ4n) is 1.67. The van der Waals surface area contributed by atoms with E-state index in [1.54, 1.807) is 6.07 Å². The molecular weight excluding hydrogens is 277 g/mol. The maximum absolute atomic E-state index is 13.6. The van der Waals surface area contributed by atoms with Crippen LogP contribution in [-0.2, 0) is 6.61 Å². The second-order valence-electron chi connectivity index (χ2n) is 4.05. The van der Waals surface area contributed by atoms with E-state index in [4.69, 9.17) is 22.1 Å². The zero-order valence-corrected chi connectivity index (χ0v) is 11.5. The van der Waals surface area contributed by atoms with E-state index in [9.17, 15) is 4.39 Å². The summed E-state index contributed by atoms with van der Waals surface area (Å²) in [5.74, 6) is 5.30. The predicted octanol–water partition coefficient (Wildman–Crippen LogP) is 3.37. The third-order valence-electron chi connectivity index (χ3n) is 2.56. The summed E-state index contributed by atoms with van der Waals surface area (Å²) < 4.78 is 19.0. The molecule has 0 saturated heterocycles.